The summed E-state index contributed by atoms with van der Waals surface area (Å²) in [5.74, 6) is 1.66. The minimum Gasteiger partial charge on any atom is -0.395 e. The van der Waals surface area contributed by atoms with Crippen LogP contribution >= 0.6 is 12.4 Å². The van der Waals surface area contributed by atoms with Crippen LogP contribution in [0.25, 0.3) is 5.69 Å². The molecule has 3 amide bonds. The third-order valence-corrected chi connectivity index (χ3v) is 8.11. The molecule has 13 heteroatoms. The van der Waals surface area contributed by atoms with Gasteiger partial charge in [0, 0.05) is 58.1 Å². The van der Waals surface area contributed by atoms with Crippen molar-refractivity contribution in [2.75, 3.05) is 51.2 Å². The monoisotopic (exact) mass is 574 g/mol. The van der Waals surface area contributed by atoms with E-state index in [1.165, 1.54) is 4.57 Å². The topological polar surface area (TPSA) is 163 Å². The minimum absolute atomic E-state index is 0. The van der Waals surface area contributed by atoms with Gasteiger partial charge < -0.3 is 26.4 Å². The number of carbonyl (C=O) groups excluding carboxylic acids is 2. The van der Waals surface area contributed by atoms with E-state index < -0.39 is 11.2 Å². The van der Waals surface area contributed by atoms with Crippen LogP contribution < -0.4 is 22.5 Å². The van der Waals surface area contributed by atoms with Crippen LogP contribution in [0.15, 0.2) is 41.3 Å². The van der Waals surface area contributed by atoms with Gasteiger partial charge in [-0.05, 0) is 55.4 Å². The van der Waals surface area contributed by atoms with Crippen LogP contribution in [0.4, 0.5) is 10.6 Å². The van der Waals surface area contributed by atoms with Gasteiger partial charge in [0.15, 0.2) is 0 Å². The van der Waals surface area contributed by atoms with E-state index >= 15 is 0 Å². The number of likely N-dealkylation sites (tertiary alicyclic amines) is 1. The van der Waals surface area contributed by atoms with Crippen molar-refractivity contribution in [3.63, 3.8) is 0 Å². The van der Waals surface area contributed by atoms with Crippen molar-refractivity contribution >= 4 is 30.2 Å². The molecule has 3 atom stereocenters. The first-order valence-electron chi connectivity index (χ1n) is 13.5. The summed E-state index contributed by atoms with van der Waals surface area (Å²) in [6, 6.07) is 8.91. The molecule has 1 aliphatic carbocycles. The molecule has 5 rings (SSSR count). The summed E-state index contributed by atoms with van der Waals surface area (Å²) >= 11 is 0. The Morgan fingerprint density at radius 3 is 2.23 bits per heavy atom. The van der Waals surface area contributed by atoms with Crippen LogP contribution in [-0.2, 0) is 11.3 Å². The number of nitrogens with one attached hydrogen (secondary N) is 1. The molecular weight excluding hydrogens is 536 g/mol. The highest BCUT2D eigenvalue weighted by Gasteiger charge is 2.57. The van der Waals surface area contributed by atoms with Crippen LogP contribution in [0, 0.1) is 17.8 Å². The Morgan fingerprint density at radius 1 is 1.07 bits per heavy atom. The first-order chi connectivity index (χ1) is 18.5. The second-order valence-electron chi connectivity index (χ2n) is 11.5. The van der Waals surface area contributed by atoms with Gasteiger partial charge in [0.25, 0.3) is 0 Å². The highest BCUT2D eigenvalue weighted by molar-refractivity contribution is 5.89. The molecule has 3 aliphatic rings. The zero-order valence-electron chi connectivity index (χ0n) is 22.9. The van der Waals surface area contributed by atoms with E-state index in [2.05, 4.69) is 15.2 Å². The number of urea groups is 1. The van der Waals surface area contributed by atoms with Crippen molar-refractivity contribution < 1.29 is 14.7 Å². The summed E-state index contributed by atoms with van der Waals surface area (Å²) in [4.78, 5) is 47.5. The van der Waals surface area contributed by atoms with Crippen molar-refractivity contribution in [3.8, 4) is 5.69 Å². The fourth-order valence-corrected chi connectivity index (χ4v) is 5.94. The number of aromatic nitrogens is 2. The lowest BCUT2D eigenvalue weighted by Crippen LogP contribution is -2.58. The molecule has 2 unspecified atom stereocenters. The molecule has 1 aromatic carbocycles. The third-order valence-electron chi connectivity index (χ3n) is 8.11. The summed E-state index contributed by atoms with van der Waals surface area (Å²) in [6.45, 7) is 7.75. The smallest absolute Gasteiger partial charge is 0.354 e. The molecule has 1 aromatic heterocycles. The number of piperidine rings is 1. The molecule has 0 radical (unpaired) electrons. The lowest BCUT2D eigenvalue weighted by molar-refractivity contribution is -0.137. The van der Waals surface area contributed by atoms with Gasteiger partial charge in [0.05, 0.1) is 17.8 Å². The van der Waals surface area contributed by atoms with Crippen LogP contribution in [0.5, 0.6) is 0 Å². The molecule has 0 bridgehead atoms. The summed E-state index contributed by atoms with van der Waals surface area (Å²) in [5, 5.41) is 12.0. The van der Waals surface area contributed by atoms with E-state index in [1.807, 2.05) is 24.3 Å². The molecular formula is C27H39ClN8O4. The maximum absolute atomic E-state index is 12.7. The van der Waals surface area contributed by atoms with E-state index in [0.29, 0.717) is 49.6 Å². The number of benzene rings is 1. The molecule has 6 N–H and O–H groups in total. The highest BCUT2D eigenvalue weighted by atomic mass is 35.5. The van der Waals surface area contributed by atoms with Gasteiger partial charge in [0.1, 0.15) is 5.82 Å². The van der Waals surface area contributed by atoms with Gasteiger partial charge in [-0.2, -0.15) is 4.98 Å². The lowest BCUT2D eigenvalue weighted by atomic mass is 10.1. The molecule has 40 heavy (non-hydrogen) atoms. The summed E-state index contributed by atoms with van der Waals surface area (Å²) in [6.07, 6.45) is 1.60. The quantitative estimate of drug-likeness (QED) is 0.361. The number of nitrogens with zero attached hydrogens (tertiary/aromatic N) is 5. The van der Waals surface area contributed by atoms with E-state index in [9.17, 15) is 19.5 Å². The maximum Gasteiger partial charge on any atom is 0.354 e. The first-order valence-corrected chi connectivity index (χ1v) is 13.5. The number of hydrogen-bond acceptors (Lipinski definition) is 8. The van der Waals surface area contributed by atoms with E-state index in [1.54, 1.807) is 35.9 Å². The Kier molecular flexibility index (Phi) is 8.86. The zero-order valence-corrected chi connectivity index (χ0v) is 23.7. The van der Waals surface area contributed by atoms with Crippen molar-refractivity contribution in [2.45, 2.75) is 32.0 Å². The Labute approximate surface area is 239 Å². The van der Waals surface area contributed by atoms with Crippen LogP contribution in [0.3, 0.4) is 0 Å². The van der Waals surface area contributed by atoms with Crippen LogP contribution in [0.1, 0.15) is 19.4 Å². The number of rotatable bonds is 7. The number of hydrogen-bond donors (Lipinski definition) is 4. The second kappa shape index (κ2) is 11.8. The molecule has 12 nitrogen and oxygen atoms in total. The largest absolute Gasteiger partial charge is 0.395 e. The molecule has 3 fully saturated rings. The summed E-state index contributed by atoms with van der Waals surface area (Å²) < 4.78 is 1.43. The van der Waals surface area contributed by atoms with Gasteiger partial charge in [-0.25, -0.2) is 9.59 Å². The number of amides is 3. The summed E-state index contributed by atoms with van der Waals surface area (Å²) in [7, 11) is 0. The highest BCUT2D eigenvalue weighted by Crippen LogP contribution is 2.53. The van der Waals surface area contributed by atoms with Crippen molar-refractivity contribution in [1.29, 1.82) is 0 Å². The van der Waals surface area contributed by atoms with Crippen molar-refractivity contribution in [2.24, 2.45) is 29.2 Å². The molecule has 218 valence electrons. The van der Waals surface area contributed by atoms with Gasteiger partial charge in [-0.15, -0.1) is 12.4 Å². The number of fused-ring (bicyclic) bond motifs is 1. The van der Waals surface area contributed by atoms with Gasteiger partial charge in [0.2, 0.25) is 5.91 Å². The fourth-order valence-electron chi connectivity index (χ4n) is 5.94. The van der Waals surface area contributed by atoms with Crippen LogP contribution in [-0.4, -0.2) is 98.8 Å². The second-order valence-corrected chi connectivity index (χ2v) is 11.5. The number of carbonyl (C=O) groups is 2. The molecule has 2 aromatic rings. The molecule has 2 aliphatic heterocycles. The van der Waals surface area contributed by atoms with Crippen molar-refractivity contribution in [3.05, 3.63) is 52.6 Å². The Hall–Kier alpha value is -3.03. The normalized spacial score (nSPS) is 23.3. The number of piperazine rings is 1. The first kappa shape index (κ1) is 29.9. The van der Waals surface area contributed by atoms with E-state index in [-0.39, 0.29) is 42.8 Å². The minimum atomic E-state index is -0.951. The molecule has 1 saturated carbocycles. The van der Waals surface area contributed by atoms with Gasteiger partial charge >= 0.3 is 11.7 Å². The number of nitrogens with two attached hydrogens (primary N) is 2. The average Bonchev–Trinajstić information content (AvgIpc) is 3.42. The fraction of sp³-hybridized carbons (Fsp3) is 0.556. The number of anilines is 1. The van der Waals surface area contributed by atoms with Crippen LogP contribution in [0.2, 0.25) is 0 Å². The van der Waals surface area contributed by atoms with Gasteiger partial charge in [-0.3, -0.25) is 19.6 Å². The maximum atomic E-state index is 12.7. The number of aliphatic hydroxyl groups excluding tert-OH is 1. The number of aliphatic hydroxyl groups is 1. The predicted molar refractivity (Wildman–Crippen MR) is 153 cm³/mol. The van der Waals surface area contributed by atoms with Crippen molar-refractivity contribution in [1.82, 2.24) is 24.3 Å². The molecule has 2 saturated heterocycles. The average molecular weight is 575 g/mol. The van der Waals surface area contributed by atoms with E-state index in [0.717, 1.165) is 25.2 Å². The number of halogens is 1. The Morgan fingerprint density at radius 2 is 1.68 bits per heavy atom. The van der Waals surface area contributed by atoms with Gasteiger partial charge in [-0.1, -0.05) is 12.1 Å². The van der Waals surface area contributed by atoms with E-state index in [4.69, 9.17) is 11.5 Å². The Bertz CT molecular complexity index is 1260. The summed E-state index contributed by atoms with van der Waals surface area (Å²) in [5.41, 5.74) is 12.3. The Balaban J connectivity index is 0.00000370. The standard InChI is InChI=1S/C27H38N8O4.ClH/c1-27(2,29)24(37)33-9-11-34(12-10-33)25(38)30-22-7-8-35(26(39)31-22)18-5-3-17(4-6-18)13-32-14-19-20(15-32)23(19)21(28)16-36;/h3-8,19-21,23,36H,9-16,28-29H2,1-2H3,(H,30,31,38,39);1H/t19?,20?,21-,23?;/m1./s1. The lowest BCUT2D eigenvalue weighted by Gasteiger charge is -2.37. The molecule has 3 heterocycles. The molecule has 0 spiro atoms. The predicted octanol–water partition coefficient (Wildman–Crippen LogP) is 0.0651. The SMILES string of the molecule is CC(C)(N)C(=O)N1CCN(C(=O)Nc2ccn(-c3ccc(CN4CC5C(C4)C5[C@H](N)CO)cc3)c(=O)n2)CC1.Cl. The zero-order chi connectivity index (χ0) is 27.9. The third kappa shape index (κ3) is 6.31.